The van der Waals surface area contributed by atoms with Crippen LogP contribution < -0.4 is 5.73 Å². The number of nitrogens with two attached hydrogens (primary N) is 1. The van der Waals surface area contributed by atoms with Crippen LogP contribution in [0.2, 0.25) is 0 Å². The molecule has 0 radical (unpaired) electrons. The van der Waals surface area contributed by atoms with Gasteiger partial charge in [0.2, 0.25) is 0 Å². The predicted molar refractivity (Wildman–Crippen MR) is 93.1 cm³/mol. The summed E-state index contributed by atoms with van der Waals surface area (Å²) in [5, 5.41) is 0.451. The average Bonchev–Trinajstić information content (AvgIpc) is 2.90. The second-order valence-electron chi connectivity index (χ2n) is 5.70. The monoisotopic (exact) mass is 328 g/mol. The van der Waals surface area contributed by atoms with Crippen LogP contribution in [0.5, 0.6) is 0 Å². The standard InChI is InChI=1S/C18H20N2O2S/c1-20-13-14(17-9-5-6-10-18(17)20)11-16(12-19)23(21,22)15-7-3-2-4-8-15/h2-10,13,16H,11-12,19H2,1H3. The van der Waals surface area contributed by atoms with Gasteiger partial charge in [-0.3, -0.25) is 0 Å². The highest BCUT2D eigenvalue weighted by atomic mass is 32.2. The summed E-state index contributed by atoms with van der Waals surface area (Å²) in [4.78, 5) is 0.329. The Hall–Kier alpha value is -2.11. The minimum atomic E-state index is -3.44. The fourth-order valence-corrected chi connectivity index (χ4v) is 4.53. The summed E-state index contributed by atoms with van der Waals surface area (Å²) in [5.74, 6) is 0. The molecule has 5 heteroatoms. The molecule has 2 N–H and O–H groups in total. The first kappa shape index (κ1) is 15.8. The topological polar surface area (TPSA) is 65.1 Å². The summed E-state index contributed by atoms with van der Waals surface area (Å²) in [5.41, 5.74) is 7.91. The van der Waals surface area contributed by atoms with Gasteiger partial charge in [0, 0.05) is 30.7 Å². The Morgan fingerprint density at radius 2 is 1.70 bits per heavy atom. The molecule has 0 spiro atoms. The zero-order valence-electron chi connectivity index (χ0n) is 13.0. The van der Waals surface area contributed by atoms with Gasteiger partial charge in [-0.1, -0.05) is 36.4 Å². The molecule has 0 aliphatic carbocycles. The third-order valence-electron chi connectivity index (χ3n) is 4.20. The molecule has 3 aromatic rings. The molecule has 0 amide bonds. The highest BCUT2D eigenvalue weighted by molar-refractivity contribution is 7.92. The lowest BCUT2D eigenvalue weighted by Gasteiger charge is -2.15. The lowest BCUT2D eigenvalue weighted by molar-refractivity contribution is 0.578. The van der Waals surface area contributed by atoms with Crippen molar-refractivity contribution < 1.29 is 8.42 Å². The van der Waals surface area contributed by atoms with Crippen molar-refractivity contribution in [3.8, 4) is 0 Å². The van der Waals surface area contributed by atoms with Gasteiger partial charge in [0.15, 0.2) is 9.84 Å². The molecule has 2 aromatic carbocycles. The lowest BCUT2D eigenvalue weighted by atomic mass is 10.1. The highest BCUT2D eigenvalue weighted by Crippen LogP contribution is 2.25. The molecular weight excluding hydrogens is 308 g/mol. The van der Waals surface area contributed by atoms with Crippen LogP contribution in [-0.4, -0.2) is 24.8 Å². The van der Waals surface area contributed by atoms with Gasteiger partial charge in [-0.05, 0) is 30.2 Å². The molecular formula is C18H20N2O2S. The third-order valence-corrected chi connectivity index (χ3v) is 6.37. The molecule has 1 heterocycles. The van der Waals surface area contributed by atoms with Crippen molar-refractivity contribution in [1.29, 1.82) is 0 Å². The zero-order valence-corrected chi connectivity index (χ0v) is 13.8. The molecule has 120 valence electrons. The number of hydrogen-bond donors (Lipinski definition) is 1. The Kier molecular flexibility index (Phi) is 4.24. The highest BCUT2D eigenvalue weighted by Gasteiger charge is 2.27. The number of aryl methyl sites for hydroxylation is 1. The number of sulfone groups is 1. The first-order valence-corrected chi connectivity index (χ1v) is 9.10. The summed E-state index contributed by atoms with van der Waals surface area (Å²) in [6.07, 6.45) is 2.41. The van der Waals surface area contributed by atoms with Gasteiger partial charge < -0.3 is 10.3 Å². The van der Waals surface area contributed by atoms with Gasteiger partial charge in [0.25, 0.3) is 0 Å². The fourth-order valence-electron chi connectivity index (χ4n) is 2.96. The van der Waals surface area contributed by atoms with Crippen LogP contribution in [0.1, 0.15) is 5.56 Å². The number of fused-ring (bicyclic) bond motifs is 1. The molecule has 4 nitrogen and oxygen atoms in total. The van der Waals surface area contributed by atoms with Crippen molar-refractivity contribution in [3.05, 3.63) is 66.4 Å². The van der Waals surface area contributed by atoms with Crippen LogP contribution in [0.25, 0.3) is 10.9 Å². The van der Waals surface area contributed by atoms with E-state index in [-0.39, 0.29) is 6.54 Å². The number of rotatable bonds is 5. The second-order valence-corrected chi connectivity index (χ2v) is 7.93. The molecule has 1 atom stereocenters. The van der Waals surface area contributed by atoms with Crippen LogP contribution in [0, 0.1) is 0 Å². The van der Waals surface area contributed by atoms with Crippen LogP contribution in [0.3, 0.4) is 0 Å². The van der Waals surface area contributed by atoms with E-state index in [1.165, 1.54) is 0 Å². The van der Waals surface area contributed by atoms with E-state index in [0.717, 1.165) is 16.5 Å². The predicted octanol–water partition coefficient (Wildman–Crippen LogP) is 2.52. The molecule has 1 unspecified atom stereocenters. The quantitative estimate of drug-likeness (QED) is 0.783. The number of para-hydroxylation sites is 1. The lowest BCUT2D eigenvalue weighted by Crippen LogP contribution is -2.31. The van der Waals surface area contributed by atoms with Gasteiger partial charge in [0.05, 0.1) is 10.1 Å². The first-order chi connectivity index (χ1) is 11.0. The normalized spacial score (nSPS) is 13.3. The summed E-state index contributed by atoms with van der Waals surface area (Å²) in [6, 6.07) is 16.5. The Morgan fingerprint density at radius 3 is 2.39 bits per heavy atom. The van der Waals surface area contributed by atoms with Gasteiger partial charge in [-0.15, -0.1) is 0 Å². The summed E-state index contributed by atoms with van der Waals surface area (Å²) >= 11 is 0. The van der Waals surface area contributed by atoms with Gasteiger partial charge in [-0.2, -0.15) is 0 Å². The molecule has 1 aromatic heterocycles. The zero-order chi connectivity index (χ0) is 16.4. The summed E-state index contributed by atoms with van der Waals surface area (Å²) in [6.45, 7) is 0.0977. The Balaban J connectivity index is 1.99. The maximum absolute atomic E-state index is 12.8. The number of nitrogens with zero attached hydrogens (tertiary/aromatic N) is 1. The van der Waals surface area contributed by atoms with Gasteiger partial charge in [0.1, 0.15) is 0 Å². The van der Waals surface area contributed by atoms with E-state index in [4.69, 9.17) is 5.73 Å². The van der Waals surface area contributed by atoms with Crippen LogP contribution in [-0.2, 0) is 23.3 Å². The van der Waals surface area contributed by atoms with Crippen molar-refractivity contribution in [2.45, 2.75) is 16.6 Å². The SMILES string of the molecule is Cn1cc(CC(CN)S(=O)(=O)c2ccccc2)c2ccccc21. The van der Waals surface area contributed by atoms with Crippen molar-refractivity contribution in [3.63, 3.8) is 0 Å². The van der Waals surface area contributed by atoms with Crippen molar-refractivity contribution in [1.82, 2.24) is 4.57 Å². The minimum absolute atomic E-state index is 0.0977. The van der Waals surface area contributed by atoms with E-state index < -0.39 is 15.1 Å². The molecule has 0 saturated carbocycles. The molecule has 0 aliphatic rings. The maximum atomic E-state index is 12.8. The Labute approximate surface area is 136 Å². The van der Waals surface area contributed by atoms with Gasteiger partial charge in [-0.25, -0.2) is 8.42 Å². The van der Waals surface area contributed by atoms with Crippen molar-refractivity contribution in [2.24, 2.45) is 12.8 Å². The van der Waals surface area contributed by atoms with E-state index in [9.17, 15) is 8.42 Å². The average molecular weight is 328 g/mol. The molecule has 3 rings (SSSR count). The fraction of sp³-hybridized carbons (Fsp3) is 0.222. The Bertz CT molecular complexity index is 915. The van der Waals surface area contributed by atoms with Crippen molar-refractivity contribution >= 4 is 20.7 Å². The first-order valence-electron chi connectivity index (χ1n) is 7.56. The van der Waals surface area contributed by atoms with Crippen LogP contribution in [0.4, 0.5) is 0 Å². The number of benzene rings is 2. The van der Waals surface area contributed by atoms with E-state index >= 15 is 0 Å². The maximum Gasteiger partial charge on any atom is 0.182 e. The largest absolute Gasteiger partial charge is 0.350 e. The second kappa shape index (κ2) is 6.18. The van der Waals surface area contributed by atoms with E-state index in [1.807, 2.05) is 42.1 Å². The Morgan fingerprint density at radius 1 is 1.04 bits per heavy atom. The van der Waals surface area contributed by atoms with Crippen LogP contribution in [0.15, 0.2) is 65.7 Å². The molecule has 23 heavy (non-hydrogen) atoms. The molecule has 0 aliphatic heterocycles. The number of hydrogen-bond acceptors (Lipinski definition) is 3. The molecule has 0 bridgehead atoms. The van der Waals surface area contributed by atoms with E-state index in [0.29, 0.717) is 11.3 Å². The van der Waals surface area contributed by atoms with Crippen LogP contribution >= 0.6 is 0 Å². The summed E-state index contributed by atoms with van der Waals surface area (Å²) < 4.78 is 27.7. The number of aromatic nitrogens is 1. The molecule has 0 saturated heterocycles. The van der Waals surface area contributed by atoms with E-state index in [2.05, 4.69) is 0 Å². The third kappa shape index (κ3) is 2.90. The molecule has 0 fully saturated rings. The summed E-state index contributed by atoms with van der Waals surface area (Å²) in [7, 11) is -1.48. The minimum Gasteiger partial charge on any atom is -0.350 e. The van der Waals surface area contributed by atoms with Crippen molar-refractivity contribution in [2.75, 3.05) is 6.54 Å². The van der Waals surface area contributed by atoms with Gasteiger partial charge >= 0.3 is 0 Å². The van der Waals surface area contributed by atoms with E-state index in [1.54, 1.807) is 30.3 Å². The smallest absolute Gasteiger partial charge is 0.182 e.